The SMILES string of the molecule is Nc1nc(Nc2ccc(N=Nc3cc(S(=O)(=O)O)cc(S(=O)(=O)O)c3)cc2)nc(Nc2ccc(N=Nc3cc(S(=O)(=O)O)cc(S(=O)(=O)O)c3)cc2)n1. The van der Waals surface area contributed by atoms with Crippen LogP contribution in [0.15, 0.2) is 125 Å². The Bertz CT molecular complexity index is 2440. The molecule has 276 valence electrons. The number of nitrogens with one attached hydrogen (secondary N) is 2. The van der Waals surface area contributed by atoms with E-state index in [1.54, 1.807) is 0 Å². The van der Waals surface area contributed by atoms with Gasteiger partial charge in [-0.25, -0.2) is 0 Å². The van der Waals surface area contributed by atoms with Crippen molar-refractivity contribution in [2.75, 3.05) is 16.4 Å². The molecule has 0 atom stereocenters. The van der Waals surface area contributed by atoms with Gasteiger partial charge in [0.05, 0.1) is 42.3 Å². The average molecular weight is 807 g/mol. The van der Waals surface area contributed by atoms with Gasteiger partial charge >= 0.3 is 0 Å². The normalized spacial score (nSPS) is 12.7. The summed E-state index contributed by atoms with van der Waals surface area (Å²) in [5, 5.41) is 21.2. The molecular weight excluding hydrogens is 785 g/mol. The number of azo groups is 2. The van der Waals surface area contributed by atoms with Gasteiger partial charge in [-0.2, -0.15) is 69.1 Å². The van der Waals surface area contributed by atoms with Crippen molar-refractivity contribution in [2.24, 2.45) is 20.5 Å². The second-order valence-electron chi connectivity index (χ2n) is 10.3. The number of benzene rings is 4. The van der Waals surface area contributed by atoms with Crippen molar-refractivity contribution in [3.8, 4) is 0 Å². The van der Waals surface area contributed by atoms with Crippen LogP contribution in [0.25, 0.3) is 0 Å². The highest BCUT2D eigenvalue weighted by Crippen LogP contribution is 2.29. The Hall–Kier alpha value is -5.87. The van der Waals surface area contributed by atoms with Crippen molar-refractivity contribution in [2.45, 2.75) is 19.6 Å². The van der Waals surface area contributed by atoms with E-state index in [1.807, 2.05) is 0 Å². The number of nitrogens with two attached hydrogens (primary N) is 1. The van der Waals surface area contributed by atoms with Gasteiger partial charge < -0.3 is 16.4 Å². The molecule has 0 bridgehead atoms. The Morgan fingerprint density at radius 3 is 1.00 bits per heavy atom. The fraction of sp³-hybridized carbons (Fsp3) is 0. The van der Waals surface area contributed by atoms with Crippen molar-refractivity contribution in [1.29, 1.82) is 0 Å². The van der Waals surface area contributed by atoms with Gasteiger partial charge in [0.2, 0.25) is 17.8 Å². The third kappa shape index (κ3) is 10.6. The summed E-state index contributed by atoms with van der Waals surface area (Å²) in [5.41, 5.74) is 6.61. The predicted molar refractivity (Wildman–Crippen MR) is 184 cm³/mol. The summed E-state index contributed by atoms with van der Waals surface area (Å²) < 4.78 is 129. The summed E-state index contributed by atoms with van der Waals surface area (Å²) in [6.45, 7) is 0. The smallest absolute Gasteiger partial charge is 0.294 e. The van der Waals surface area contributed by atoms with E-state index in [0.29, 0.717) is 23.5 Å². The van der Waals surface area contributed by atoms with Crippen molar-refractivity contribution < 1.29 is 51.9 Å². The minimum Gasteiger partial charge on any atom is -0.368 e. The molecule has 0 radical (unpaired) electrons. The topological polar surface area (TPSA) is 356 Å². The molecule has 1 aromatic heterocycles. The third-order valence-corrected chi connectivity index (χ3v) is 9.71. The molecule has 1 heterocycles. The van der Waals surface area contributed by atoms with E-state index in [0.717, 1.165) is 24.3 Å². The highest BCUT2D eigenvalue weighted by atomic mass is 32.2. The van der Waals surface area contributed by atoms with Crippen LogP contribution in [-0.4, -0.2) is 66.8 Å². The number of aromatic nitrogens is 3. The summed E-state index contributed by atoms with van der Waals surface area (Å²) in [6.07, 6.45) is 0. The van der Waals surface area contributed by atoms with Crippen LogP contribution in [0.2, 0.25) is 0 Å². The lowest BCUT2D eigenvalue weighted by Gasteiger charge is -2.09. The average Bonchev–Trinajstić information content (AvgIpc) is 3.05. The van der Waals surface area contributed by atoms with Gasteiger partial charge in [0.1, 0.15) is 0 Å². The summed E-state index contributed by atoms with van der Waals surface area (Å²) in [4.78, 5) is 9.00. The highest BCUT2D eigenvalue weighted by molar-refractivity contribution is 7.87. The van der Waals surface area contributed by atoms with Gasteiger partial charge in [-0.15, -0.1) is 0 Å². The summed E-state index contributed by atoms with van der Waals surface area (Å²) in [6, 6.07) is 16.6. The summed E-state index contributed by atoms with van der Waals surface area (Å²) in [5.74, 6) is -0.111. The number of nitrogens with zero attached hydrogens (tertiary/aromatic N) is 7. The minimum absolute atomic E-state index is 0.0240. The molecule has 0 fully saturated rings. The van der Waals surface area contributed by atoms with E-state index in [2.05, 4.69) is 46.0 Å². The van der Waals surface area contributed by atoms with E-state index in [-0.39, 0.29) is 40.6 Å². The van der Waals surface area contributed by atoms with Gasteiger partial charge in [0.25, 0.3) is 40.5 Å². The first kappa shape index (κ1) is 38.4. The molecule has 0 saturated carbocycles. The first-order chi connectivity index (χ1) is 24.6. The highest BCUT2D eigenvalue weighted by Gasteiger charge is 2.19. The van der Waals surface area contributed by atoms with Crippen LogP contribution in [0.1, 0.15) is 0 Å². The number of hydrogen-bond donors (Lipinski definition) is 7. The fourth-order valence-electron chi connectivity index (χ4n) is 4.04. The molecule has 53 heavy (non-hydrogen) atoms. The largest absolute Gasteiger partial charge is 0.368 e. The molecule has 4 aromatic carbocycles. The zero-order valence-corrected chi connectivity index (χ0v) is 29.2. The predicted octanol–water partition coefficient (Wildman–Crippen LogP) is 4.76. The fourth-order valence-corrected chi connectivity index (χ4v) is 6.37. The van der Waals surface area contributed by atoms with Crippen LogP contribution in [0.4, 0.5) is 52.0 Å². The first-order valence-corrected chi connectivity index (χ1v) is 19.7. The van der Waals surface area contributed by atoms with Gasteiger partial charge in [0.15, 0.2) is 0 Å². The number of nitrogen functional groups attached to an aromatic ring is 1. The van der Waals surface area contributed by atoms with Crippen molar-refractivity contribution in [3.63, 3.8) is 0 Å². The van der Waals surface area contributed by atoms with E-state index in [4.69, 9.17) is 5.73 Å². The molecule has 0 saturated heterocycles. The Kier molecular flexibility index (Phi) is 10.6. The molecule has 0 aliphatic rings. The molecule has 0 spiro atoms. The van der Waals surface area contributed by atoms with E-state index < -0.39 is 60.1 Å². The molecule has 8 N–H and O–H groups in total. The lowest BCUT2D eigenvalue weighted by molar-refractivity contribution is 0.476. The Morgan fingerprint density at radius 1 is 0.434 bits per heavy atom. The molecule has 22 nitrogen and oxygen atoms in total. The van der Waals surface area contributed by atoms with Crippen molar-refractivity contribution in [3.05, 3.63) is 84.9 Å². The van der Waals surface area contributed by atoms with Crippen LogP contribution >= 0.6 is 0 Å². The van der Waals surface area contributed by atoms with Gasteiger partial charge in [-0.1, -0.05) is 0 Å². The molecule has 5 rings (SSSR count). The second-order valence-corrected chi connectivity index (χ2v) is 16.0. The lowest BCUT2D eigenvalue weighted by atomic mass is 10.3. The minimum atomic E-state index is -4.84. The number of rotatable bonds is 12. The van der Waals surface area contributed by atoms with Crippen LogP contribution in [0.3, 0.4) is 0 Å². The van der Waals surface area contributed by atoms with E-state index >= 15 is 0 Å². The van der Waals surface area contributed by atoms with Gasteiger partial charge in [-0.3, -0.25) is 18.2 Å². The Morgan fingerprint density at radius 2 is 0.717 bits per heavy atom. The summed E-state index contributed by atoms with van der Waals surface area (Å²) >= 11 is 0. The molecule has 5 aromatic rings. The Labute approximate surface area is 299 Å². The molecule has 0 amide bonds. The Balaban J connectivity index is 1.27. The molecule has 0 aliphatic carbocycles. The van der Waals surface area contributed by atoms with Crippen LogP contribution in [0, 0.1) is 0 Å². The van der Waals surface area contributed by atoms with Gasteiger partial charge in [0, 0.05) is 11.4 Å². The zero-order valence-electron chi connectivity index (χ0n) is 26.0. The zero-order chi connectivity index (χ0) is 38.8. The van der Waals surface area contributed by atoms with E-state index in [1.165, 1.54) is 48.5 Å². The van der Waals surface area contributed by atoms with Crippen molar-refractivity contribution in [1.82, 2.24) is 15.0 Å². The maximum absolute atomic E-state index is 11.5. The lowest BCUT2D eigenvalue weighted by Crippen LogP contribution is -2.06. The maximum atomic E-state index is 11.5. The number of anilines is 5. The molecule has 0 aliphatic heterocycles. The first-order valence-electron chi connectivity index (χ1n) is 13.9. The number of hydrogen-bond acceptors (Lipinski definition) is 18. The van der Waals surface area contributed by atoms with Crippen LogP contribution < -0.4 is 16.4 Å². The van der Waals surface area contributed by atoms with E-state index in [9.17, 15) is 51.9 Å². The molecule has 26 heteroatoms. The monoisotopic (exact) mass is 806 g/mol. The second kappa shape index (κ2) is 14.6. The summed E-state index contributed by atoms with van der Waals surface area (Å²) in [7, 11) is -19.3. The van der Waals surface area contributed by atoms with Gasteiger partial charge in [-0.05, 0) is 84.9 Å². The molecule has 0 unspecified atom stereocenters. The maximum Gasteiger partial charge on any atom is 0.294 e. The third-order valence-electron chi connectivity index (χ3n) is 6.38. The van der Waals surface area contributed by atoms with Crippen LogP contribution in [-0.2, 0) is 40.5 Å². The van der Waals surface area contributed by atoms with Crippen molar-refractivity contribution >= 4 is 92.4 Å². The molecular formula is C27H22N10O12S4. The standard InChI is InChI=1S/C27H22N10O12S4/c28-25-31-26(29-15-1-5-17(6-2-15)34-36-19-9-21(50(38,39)40)13-22(10-19)51(41,42)43)33-27(32-25)30-16-3-7-18(8-4-16)35-37-20-11-23(52(44,45)46)14-24(12-20)53(47,48)49/h1-14H,(H,38,39,40)(H,41,42,43)(H,44,45,46)(H,47,48,49)(H4,28,29,30,31,32,33). The van der Waals surface area contributed by atoms with Crippen LogP contribution in [0.5, 0.6) is 0 Å². The quantitative estimate of drug-likeness (QED) is 0.0659.